The van der Waals surface area contributed by atoms with E-state index in [-0.39, 0.29) is 33.3 Å². The monoisotopic (exact) mass is 343 g/mol. The van der Waals surface area contributed by atoms with Crippen LogP contribution in [0.25, 0.3) is 10.1 Å². The Hall–Kier alpha value is -2.09. The lowest BCUT2D eigenvalue weighted by Gasteiger charge is -2.11. The third-order valence-electron chi connectivity index (χ3n) is 3.41. The molecule has 0 atom stereocenters. The molecule has 0 bridgehead atoms. The zero-order valence-corrected chi connectivity index (χ0v) is 12.9. The number of hydrogen-bond acceptors (Lipinski definition) is 5. The van der Waals surface area contributed by atoms with E-state index < -0.39 is 28.8 Å². The van der Waals surface area contributed by atoms with E-state index in [4.69, 9.17) is 4.74 Å². The fourth-order valence-corrected chi connectivity index (χ4v) is 3.29. The third-order valence-corrected chi connectivity index (χ3v) is 4.54. The van der Waals surface area contributed by atoms with Gasteiger partial charge < -0.3 is 10.1 Å². The molecule has 4 nitrogen and oxygen atoms in total. The Morgan fingerprint density at radius 3 is 2.65 bits per heavy atom. The van der Waals surface area contributed by atoms with Gasteiger partial charge in [0.2, 0.25) is 5.43 Å². The van der Waals surface area contributed by atoms with Gasteiger partial charge in [-0.3, -0.25) is 4.79 Å². The predicted molar refractivity (Wildman–Crippen MR) is 80.6 cm³/mol. The molecule has 122 valence electrons. The van der Waals surface area contributed by atoms with E-state index in [1.54, 1.807) is 6.92 Å². The second-order valence-corrected chi connectivity index (χ2v) is 6.16. The van der Waals surface area contributed by atoms with Gasteiger partial charge in [0, 0.05) is 11.4 Å². The van der Waals surface area contributed by atoms with Crippen molar-refractivity contribution in [3.8, 4) is 0 Å². The van der Waals surface area contributed by atoms with Crippen LogP contribution in [0.3, 0.4) is 0 Å². The van der Waals surface area contributed by atoms with Gasteiger partial charge in [0.05, 0.1) is 11.3 Å². The lowest BCUT2D eigenvalue weighted by Crippen LogP contribution is -2.21. The fourth-order valence-electron chi connectivity index (χ4n) is 2.14. The smallest absolute Gasteiger partial charge is 0.345 e. The maximum absolute atomic E-state index is 14.0. The van der Waals surface area contributed by atoms with Gasteiger partial charge in [0.1, 0.15) is 10.6 Å². The highest BCUT2D eigenvalue weighted by Gasteiger charge is 2.28. The largest absolute Gasteiger partial charge is 0.462 e. The average Bonchev–Trinajstić information content (AvgIpc) is 3.31. The molecule has 0 unspecified atom stereocenters. The van der Waals surface area contributed by atoms with E-state index in [0.29, 0.717) is 17.4 Å². The second-order valence-electron chi connectivity index (χ2n) is 5.14. The Morgan fingerprint density at radius 1 is 1.35 bits per heavy atom. The summed E-state index contributed by atoms with van der Waals surface area (Å²) in [4.78, 5) is 24.5. The van der Waals surface area contributed by atoms with Crippen LogP contribution in [0.5, 0.6) is 0 Å². The minimum atomic E-state index is -1.64. The number of benzene rings is 1. The molecule has 0 aliphatic heterocycles. The number of halogens is 3. The molecule has 0 saturated heterocycles. The van der Waals surface area contributed by atoms with Gasteiger partial charge in [-0.25, -0.2) is 18.0 Å². The van der Waals surface area contributed by atoms with Crippen LogP contribution >= 0.6 is 11.3 Å². The van der Waals surface area contributed by atoms with Crippen LogP contribution in [0.4, 0.5) is 18.2 Å². The van der Waals surface area contributed by atoms with Crippen molar-refractivity contribution in [2.45, 2.75) is 25.8 Å². The standard InChI is InChI=1S/C15H12F3NO3S/c1-2-22-15(21)9-12(20)7-5-8(16)10(17)11(18)13(7)23-14(9)19-6-3-4-6/h5-6,19H,2-4H2,1H3. The maximum atomic E-state index is 14.0. The number of anilines is 1. The molecule has 1 aliphatic rings. The normalized spacial score (nSPS) is 14.1. The maximum Gasteiger partial charge on any atom is 0.345 e. The molecule has 1 N–H and O–H groups in total. The third kappa shape index (κ3) is 2.78. The Kier molecular flexibility index (Phi) is 4.01. The molecule has 1 saturated carbocycles. The molecule has 1 heterocycles. The minimum Gasteiger partial charge on any atom is -0.462 e. The van der Waals surface area contributed by atoms with Gasteiger partial charge in [-0.15, -0.1) is 11.3 Å². The molecule has 3 rings (SSSR count). The van der Waals surface area contributed by atoms with Crippen molar-refractivity contribution in [3.05, 3.63) is 39.3 Å². The minimum absolute atomic E-state index is 0.0516. The van der Waals surface area contributed by atoms with E-state index in [1.807, 2.05) is 0 Å². The predicted octanol–water partition coefficient (Wildman–Crippen LogP) is 3.43. The highest BCUT2D eigenvalue weighted by Crippen LogP contribution is 2.34. The van der Waals surface area contributed by atoms with Crippen LogP contribution in [-0.2, 0) is 4.74 Å². The molecule has 0 amide bonds. The molecule has 8 heteroatoms. The van der Waals surface area contributed by atoms with Crippen molar-refractivity contribution in [1.82, 2.24) is 0 Å². The van der Waals surface area contributed by atoms with Gasteiger partial charge in [-0.2, -0.15) is 0 Å². The van der Waals surface area contributed by atoms with Crippen LogP contribution in [-0.4, -0.2) is 18.6 Å². The van der Waals surface area contributed by atoms with Crippen molar-refractivity contribution in [2.24, 2.45) is 0 Å². The first-order valence-corrected chi connectivity index (χ1v) is 7.83. The van der Waals surface area contributed by atoms with Gasteiger partial charge in [0.15, 0.2) is 17.5 Å². The Labute approximate surface area is 132 Å². The summed E-state index contributed by atoms with van der Waals surface area (Å²) in [5.74, 6) is -5.42. The fraction of sp³-hybridized carbons (Fsp3) is 0.333. The van der Waals surface area contributed by atoms with Gasteiger partial charge >= 0.3 is 5.97 Å². The summed E-state index contributed by atoms with van der Waals surface area (Å²) < 4.78 is 45.3. The summed E-state index contributed by atoms with van der Waals surface area (Å²) >= 11 is 0.706. The summed E-state index contributed by atoms with van der Waals surface area (Å²) in [6.45, 7) is 1.63. The first-order valence-electron chi connectivity index (χ1n) is 7.02. The van der Waals surface area contributed by atoms with E-state index in [2.05, 4.69) is 5.32 Å². The zero-order chi connectivity index (χ0) is 16.7. The molecule has 2 aromatic rings. The molecule has 0 radical (unpaired) electrons. The second kappa shape index (κ2) is 5.84. The van der Waals surface area contributed by atoms with Crippen molar-refractivity contribution in [1.29, 1.82) is 0 Å². The number of rotatable bonds is 4. The number of carbonyl (C=O) groups is 1. The zero-order valence-electron chi connectivity index (χ0n) is 12.0. The van der Waals surface area contributed by atoms with E-state index >= 15 is 0 Å². The van der Waals surface area contributed by atoms with Crippen molar-refractivity contribution < 1.29 is 22.7 Å². The molecule has 1 aliphatic carbocycles. The highest BCUT2D eigenvalue weighted by molar-refractivity contribution is 7.22. The molecule has 1 fully saturated rings. The number of carbonyl (C=O) groups excluding carboxylic acids is 1. The van der Waals surface area contributed by atoms with Crippen LogP contribution in [0.2, 0.25) is 0 Å². The SMILES string of the molecule is CCOC(=O)c1c(NC2CC2)sc2c(F)c(F)c(F)cc2c1=O. The molecule has 1 aromatic heterocycles. The Bertz CT molecular complexity index is 861. The molecule has 1 aromatic carbocycles. The number of nitrogens with one attached hydrogen (secondary N) is 1. The van der Waals surface area contributed by atoms with Gasteiger partial charge in [0.25, 0.3) is 0 Å². The summed E-state index contributed by atoms with van der Waals surface area (Å²) in [7, 11) is 0. The van der Waals surface area contributed by atoms with Crippen LogP contribution in [0.1, 0.15) is 30.1 Å². The molecular weight excluding hydrogens is 331 g/mol. The average molecular weight is 343 g/mol. The number of esters is 1. The summed E-state index contributed by atoms with van der Waals surface area (Å²) in [6, 6.07) is 0.681. The quantitative estimate of drug-likeness (QED) is 0.683. The lowest BCUT2D eigenvalue weighted by atomic mass is 10.1. The van der Waals surface area contributed by atoms with Crippen molar-refractivity contribution in [2.75, 3.05) is 11.9 Å². The number of ether oxygens (including phenoxy) is 1. The molecule has 0 spiro atoms. The first kappa shape index (κ1) is 15.8. The van der Waals surface area contributed by atoms with E-state index in [0.717, 1.165) is 12.8 Å². The van der Waals surface area contributed by atoms with E-state index in [1.165, 1.54) is 0 Å². The van der Waals surface area contributed by atoms with Crippen LogP contribution < -0.4 is 10.7 Å². The van der Waals surface area contributed by atoms with E-state index in [9.17, 15) is 22.8 Å². The first-order chi connectivity index (χ1) is 10.9. The van der Waals surface area contributed by atoms with Crippen LogP contribution in [0, 0.1) is 17.5 Å². The Morgan fingerprint density at radius 2 is 2.04 bits per heavy atom. The summed E-state index contributed by atoms with van der Waals surface area (Å²) in [5, 5.41) is 2.69. The van der Waals surface area contributed by atoms with Crippen molar-refractivity contribution >= 4 is 32.4 Å². The lowest BCUT2D eigenvalue weighted by molar-refractivity contribution is 0.0526. The highest BCUT2D eigenvalue weighted by atomic mass is 32.1. The number of hydrogen-bond donors (Lipinski definition) is 1. The summed E-state index contributed by atoms with van der Waals surface area (Å²) in [6.07, 6.45) is 1.70. The number of fused-ring (bicyclic) bond motifs is 1. The van der Waals surface area contributed by atoms with Crippen molar-refractivity contribution in [3.63, 3.8) is 0 Å². The Balaban J connectivity index is 2.30. The summed E-state index contributed by atoms with van der Waals surface area (Å²) in [5.41, 5.74) is -1.18. The van der Waals surface area contributed by atoms with Gasteiger partial charge in [-0.1, -0.05) is 0 Å². The topological polar surface area (TPSA) is 55.4 Å². The van der Waals surface area contributed by atoms with Crippen LogP contribution in [0.15, 0.2) is 10.9 Å². The van der Waals surface area contributed by atoms with Gasteiger partial charge in [-0.05, 0) is 25.8 Å². The molecule has 23 heavy (non-hydrogen) atoms. The molecular formula is C15H12F3NO3S.